The van der Waals surface area contributed by atoms with Gasteiger partial charge in [0.1, 0.15) is 0 Å². The molecule has 4 nitrogen and oxygen atoms in total. The van der Waals surface area contributed by atoms with E-state index in [9.17, 15) is 17.2 Å². The number of alkyl halides is 2. The average molecular weight is 318 g/mol. The third-order valence-corrected chi connectivity index (χ3v) is 5.32. The van der Waals surface area contributed by atoms with Crippen molar-refractivity contribution < 1.29 is 17.2 Å². The molecule has 1 fully saturated rings. The van der Waals surface area contributed by atoms with E-state index in [1.807, 2.05) is 7.05 Å². The predicted octanol–water partition coefficient (Wildman–Crippen LogP) is 2.58. The Morgan fingerprint density at radius 1 is 1.33 bits per heavy atom. The van der Waals surface area contributed by atoms with Crippen LogP contribution in [0.1, 0.15) is 19.3 Å². The maximum atomic E-state index is 12.7. The van der Waals surface area contributed by atoms with Crippen molar-refractivity contribution in [1.29, 1.82) is 0 Å². The smallest absolute Gasteiger partial charge is 0.341 e. The maximum Gasteiger partial charge on any atom is 0.341 e. The van der Waals surface area contributed by atoms with Gasteiger partial charge in [-0.3, -0.25) is 0 Å². The monoisotopic (exact) mass is 318 g/mol. The number of para-hydroxylation sites is 1. The quantitative estimate of drug-likeness (QED) is 0.906. The fraction of sp³-hybridized carbons (Fsp3) is 0.571. The van der Waals surface area contributed by atoms with Crippen LogP contribution in [0.15, 0.2) is 29.2 Å². The third-order valence-electron chi connectivity index (χ3n) is 3.88. The van der Waals surface area contributed by atoms with Crippen molar-refractivity contribution in [2.75, 3.05) is 25.5 Å². The minimum Gasteiger partial charge on any atom is -0.382 e. The van der Waals surface area contributed by atoms with E-state index in [4.69, 9.17) is 0 Å². The lowest BCUT2D eigenvalue weighted by Gasteiger charge is -2.32. The summed E-state index contributed by atoms with van der Waals surface area (Å²) < 4.78 is 48.8. The van der Waals surface area contributed by atoms with Gasteiger partial charge in [0, 0.05) is 12.6 Å². The number of rotatable bonds is 5. The number of nitrogens with one attached hydrogen (secondary N) is 1. The summed E-state index contributed by atoms with van der Waals surface area (Å²) in [5, 5.41) is 3.02. The molecule has 0 bridgehead atoms. The SMILES string of the molecule is CN1CCCCC1CNc1ccccc1S(=O)(=O)C(F)F. The molecule has 0 aromatic heterocycles. The molecule has 7 heteroatoms. The summed E-state index contributed by atoms with van der Waals surface area (Å²) in [6.07, 6.45) is 3.31. The van der Waals surface area contributed by atoms with Gasteiger partial charge in [-0.05, 0) is 38.6 Å². The number of halogens is 2. The normalized spacial score (nSPS) is 20.7. The molecule has 0 spiro atoms. The van der Waals surface area contributed by atoms with Crippen molar-refractivity contribution >= 4 is 15.5 Å². The molecule has 1 heterocycles. The van der Waals surface area contributed by atoms with E-state index in [-0.39, 0.29) is 10.6 Å². The van der Waals surface area contributed by atoms with Gasteiger partial charge in [0.05, 0.1) is 10.6 Å². The second-order valence-corrected chi connectivity index (χ2v) is 7.20. The van der Waals surface area contributed by atoms with E-state index in [0.29, 0.717) is 12.6 Å². The molecule has 1 aromatic rings. The largest absolute Gasteiger partial charge is 0.382 e. The highest BCUT2D eigenvalue weighted by atomic mass is 32.2. The molecule has 1 atom stereocenters. The lowest BCUT2D eigenvalue weighted by molar-refractivity contribution is 0.194. The number of benzene rings is 1. The van der Waals surface area contributed by atoms with Crippen molar-refractivity contribution in [2.45, 2.75) is 36.0 Å². The lowest BCUT2D eigenvalue weighted by Crippen LogP contribution is -2.40. The van der Waals surface area contributed by atoms with Crippen molar-refractivity contribution in [3.8, 4) is 0 Å². The van der Waals surface area contributed by atoms with Crippen LogP contribution < -0.4 is 5.32 Å². The number of sulfone groups is 1. The Labute approximate surface area is 124 Å². The zero-order valence-electron chi connectivity index (χ0n) is 11.9. The predicted molar refractivity (Wildman–Crippen MR) is 78.4 cm³/mol. The van der Waals surface area contributed by atoms with Crippen LogP contribution in [0.2, 0.25) is 0 Å². The second kappa shape index (κ2) is 6.70. The summed E-state index contributed by atoms with van der Waals surface area (Å²) in [5.74, 6) is -3.40. The summed E-state index contributed by atoms with van der Waals surface area (Å²) in [7, 11) is -2.56. The molecule has 0 aliphatic carbocycles. The van der Waals surface area contributed by atoms with Crippen molar-refractivity contribution in [2.24, 2.45) is 0 Å². The highest BCUT2D eigenvalue weighted by Gasteiger charge is 2.29. The van der Waals surface area contributed by atoms with Crippen LogP contribution in [0.4, 0.5) is 14.5 Å². The molecule has 1 aliphatic rings. The van der Waals surface area contributed by atoms with E-state index in [1.54, 1.807) is 6.07 Å². The molecule has 21 heavy (non-hydrogen) atoms. The summed E-state index contributed by atoms with van der Waals surface area (Å²) in [5.41, 5.74) is 0.247. The maximum absolute atomic E-state index is 12.7. The van der Waals surface area contributed by atoms with Crippen molar-refractivity contribution in [3.63, 3.8) is 0 Å². The Morgan fingerprint density at radius 2 is 2.05 bits per heavy atom. The van der Waals surface area contributed by atoms with Gasteiger partial charge in [-0.15, -0.1) is 0 Å². The summed E-state index contributed by atoms with van der Waals surface area (Å²) >= 11 is 0. The molecule has 0 saturated carbocycles. The minimum atomic E-state index is -4.58. The molecule has 1 unspecified atom stereocenters. The molecule has 2 rings (SSSR count). The first-order chi connectivity index (χ1) is 9.93. The fourth-order valence-electron chi connectivity index (χ4n) is 2.59. The Hall–Kier alpha value is -1.21. The van der Waals surface area contributed by atoms with E-state index in [1.165, 1.54) is 18.2 Å². The van der Waals surface area contributed by atoms with Gasteiger partial charge in [0.25, 0.3) is 0 Å². The molecule has 0 radical (unpaired) electrons. The van der Waals surface area contributed by atoms with Crippen LogP contribution in [-0.4, -0.2) is 45.3 Å². The molecule has 1 N–H and O–H groups in total. The first-order valence-corrected chi connectivity index (χ1v) is 8.52. The van der Waals surface area contributed by atoms with Crippen LogP contribution in [0.5, 0.6) is 0 Å². The Kier molecular flexibility index (Phi) is 5.16. The number of hydrogen-bond acceptors (Lipinski definition) is 4. The average Bonchev–Trinajstić information content (AvgIpc) is 2.46. The van der Waals surface area contributed by atoms with Crippen LogP contribution >= 0.6 is 0 Å². The Bertz CT molecular complexity index is 578. The van der Waals surface area contributed by atoms with Gasteiger partial charge in [0.2, 0.25) is 9.84 Å². The van der Waals surface area contributed by atoms with Crippen molar-refractivity contribution in [3.05, 3.63) is 24.3 Å². The Morgan fingerprint density at radius 3 is 2.71 bits per heavy atom. The summed E-state index contributed by atoms with van der Waals surface area (Å²) in [6.45, 7) is 1.55. The van der Waals surface area contributed by atoms with Crippen LogP contribution in [0.25, 0.3) is 0 Å². The molecule has 118 valence electrons. The standard InChI is InChI=1S/C14H20F2N2O2S/c1-18-9-5-4-6-11(18)10-17-12-7-2-3-8-13(12)21(19,20)14(15)16/h2-3,7-8,11,14,17H,4-6,9-10H2,1H3. The van der Waals surface area contributed by atoms with E-state index >= 15 is 0 Å². The molecule has 1 saturated heterocycles. The van der Waals surface area contributed by atoms with Crippen LogP contribution in [-0.2, 0) is 9.84 Å². The van der Waals surface area contributed by atoms with E-state index in [0.717, 1.165) is 25.8 Å². The van der Waals surface area contributed by atoms with Crippen LogP contribution in [0, 0.1) is 0 Å². The van der Waals surface area contributed by atoms with E-state index in [2.05, 4.69) is 10.2 Å². The zero-order valence-corrected chi connectivity index (χ0v) is 12.7. The summed E-state index contributed by atoms with van der Waals surface area (Å²) in [4.78, 5) is 1.87. The molecular formula is C14H20F2N2O2S. The molecule has 1 aromatic carbocycles. The number of nitrogens with zero attached hydrogens (tertiary/aromatic N) is 1. The fourth-order valence-corrected chi connectivity index (χ4v) is 3.49. The molecule has 0 amide bonds. The minimum absolute atomic E-state index is 0.247. The van der Waals surface area contributed by atoms with Gasteiger partial charge >= 0.3 is 5.76 Å². The lowest BCUT2D eigenvalue weighted by atomic mass is 10.0. The van der Waals surface area contributed by atoms with Crippen molar-refractivity contribution in [1.82, 2.24) is 4.90 Å². The molecule has 1 aliphatic heterocycles. The topological polar surface area (TPSA) is 49.4 Å². The summed E-state index contributed by atoms with van der Waals surface area (Å²) in [6, 6.07) is 6.12. The number of anilines is 1. The first-order valence-electron chi connectivity index (χ1n) is 6.98. The Balaban J connectivity index is 2.14. The number of likely N-dealkylation sites (N-methyl/N-ethyl adjacent to an activating group) is 1. The zero-order chi connectivity index (χ0) is 15.5. The highest BCUT2D eigenvalue weighted by molar-refractivity contribution is 7.91. The van der Waals surface area contributed by atoms with E-state index < -0.39 is 15.6 Å². The van der Waals surface area contributed by atoms with Gasteiger partial charge < -0.3 is 10.2 Å². The highest BCUT2D eigenvalue weighted by Crippen LogP contribution is 2.26. The van der Waals surface area contributed by atoms with Gasteiger partial charge in [-0.25, -0.2) is 8.42 Å². The number of hydrogen-bond donors (Lipinski definition) is 1. The van der Waals surface area contributed by atoms with Gasteiger partial charge in [-0.1, -0.05) is 18.6 Å². The van der Waals surface area contributed by atoms with Gasteiger partial charge in [-0.2, -0.15) is 8.78 Å². The van der Waals surface area contributed by atoms with Crippen LogP contribution in [0.3, 0.4) is 0 Å². The molecular weight excluding hydrogens is 298 g/mol. The third kappa shape index (κ3) is 3.71. The first kappa shape index (κ1) is 16.2. The second-order valence-electron chi connectivity index (χ2n) is 5.31. The van der Waals surface area contributed by atoms with Gasteiger partial charge in [0.15, 0.2) is 0 Å². The number of likely N-dealkylation sites (tertiary alicyclic amines) is 1. The number of piperidine rings is 1.